The number of rotatable bonds is 4. The van der Waals surface area contributed by atoms with E-state index >= 15 is 0 Å². The maximum atomic E-state index is 12.7. The van der Waals surface area contributed by atoms with E-state index in [4.69, 9.17) is 4.74 Å². The van der Waals surface area contributed by atoms with Gasteiger partial charge in [0.25, 0.3) is 0 Å². The predicted molar refractivity (Wildman–Crippen MR) is 101 cm³/mol. The van der Waals surface area contributed by atoms with Crippen molar-refractivity contribution < 1.29 is 9.53 Å². The fourth-order valence-electron chi connectivity index (χ4n) is 3.65. The van der Waals surface area contributed by atoms with Gasteiger partial charge in [-0.15, -0.1) is 0 Å². The molecule has 1 saturated heterocycles. The number of ether oxygens (including phenoxy) is 1. The number of para-hydroxylation sites is 1. The molecule has 1 fully saturated rings. The lowest BCUT2D eigenvalue weighted by Gasteiger charge is -2.32. The number of likely N-dealkylation sites (tertiary alicyclic amines) is 1. The van der Waals surface area contributed by atoms with Crippen LogP contribution in [0.3, 0.4) is 0 Å². The van der Waals surface area contributed by atoms with Crippen LogP contribution in [-0.4, -0.2) is 39.6 Å². The molecule has 1 amide bonds. The summed E-state index contributed by atoms with van der Waals surface area (Å²) >= 11 is 0. The van der Waals surface area contributed by atoms with Crippen molar-refractivity contribution in [2.75, 3.05) is 13.1 Å². The molecule has 5 heteroatoms. The van der Waals surface area contributed by atoms with Crippen LogP contribution in [0, 0.1) is 0 Å². The molecule has 2 aromatic heterocycles. The topological polar surface area (TPSA) is 47.4 Å². The minimum Gasteiger partial charge on any atom is -0.474 e. The highest BCUT2D eigenvalue weighted by Gasteiger charge is 2.24. The van der Waals surface area contributed by atoms with Crippen LogP contribution in [0.1, 0.15) is 18.4 Å². The molecule has 134 valence electrons. The number of nitrogens with zero attached hydrogens (tertiary/aromatic N) is 3. The number of hydrogen-bond donors (Lipinski definition) is 0. The number of carbonyl (C=O) groups excluding carboxylic acids is 1. The summed E-state index contributed by atoms with van der Waals surface area (Å²) in [4.78, 5) is 18.9. The molecule has 0 unspecified atom stereocenters. The minimum atomic E-state index is 0.131. The lowest BCUT2D eigenvalue weighted by Crippen LogP contribution is -2.42. The number of hydrogen-bond acceptors (Lipinski definition) is 3. The molecule has 0 N–H and O–H groups in total. The molecule has 1 aliphatic rings. The van der Waals surface area contributed by atoms with E-state index in [1.54, 1.807) is 6.20 Å². The average molecular weight is 349 g/mol. The Morgan fingerprint density at radius 3 is 2.69 bits per heavy atom. The Balaban J connectivity index is 1.36. The second-order valence-electron chi connectivity index (χ2n) is 6.83. The van der Waals surface area contributed by atoms with Gasteiger partial charge in [0, 0.05) is 62.3 Å². The molecule has 0 bridgehead atoms. The molecular formula is C21H23N3O2. The van der Waals surface area contributed by atoms with Gasteiger partial charge in [-0.05, 0) is 17.7 Å². The van der Waals surface area contributed by atoms with Crippen LogP contribution >= 0.6 is 0 Å². The predicted octanol–water partition coefficient (Wildman–Crippen LogP) is 3.19. The smallest absolute Gasteiger partial charge is 0.227 e. The van der Waals surface area contributed by atoms with Gasteiger partial charge in [0.15, 0.2) is 0 Å². The minimum absolute atomic E-state index is 0.131. The van der Waals surface area contributed by atoms with E-state index in [1.165, 1.54) is 0 Å². The maximum absolute atomic E-state index is 12.7. The van der Waals surface area contributed by atoms with E-state index in [9.17, 15) is 4.79 Å². The van der Waals surface area contributed by atoms with E-state index in [1.807, 2.05) is 42.3 Å². The van der Waals surface area contributed by atoms with Crippen LogP contribution in [0.15, 0.2) is 54.9 Å². The number of carbonyl (C=O) groups is 1. The Morgan fingerprint density at radius 2 is 1.92 bits per heavy atom. The van der Waals surface area contributed by atoms with Gasteiger partial charge in [-0.25, -0.2) is 4.98 Å². The SMILES string of the molecule is Cn1cc(CC(=O)N2CCC(Oc3ccccn3)CC2)c2ccccc21. The van der Waals surface area contributed by atoms with Gasteiger partial charge in [-0.2, -0.15) is 0 Å². The van der Waals surface area contributed by atoms with Gasteiger partial charge in [-0.3, -0.25) is 4.79 Å². The van der Waals surface area contributed by atoms with Crippen LogP contribution in [0.4, 0.5) is 0 Å². The van der Waals surface area contributed by atoms with Crippen molar-refractivity contribution in [1.82, 2.24) is 14.5 Å². The number of aryl methyl sites for hydroxylation is 1. The normalized spacial score (nSPS) is 15.3. The monoisotopic (exact) mass is 349 g/mol. The number of pyridine rings is 1. The third-order valence-corrected chi connectivity index (χ3v) is 5.04. The van der Waals surface area contributed by atoms with Gasteiger partial charge in [0.1, 0.15) is 6.10 Å². The van der Waals surface area contributed by atoms with Crippen LogP contribution < -0.4 is 4.74 Å². The first kappa shape index (κ1) is 16.6. The Bertz CT molecular complexity index is 896. The molecule has 5 nitrogen and oxygen atoms in total. The zero-order valence-corrected chi connectivity index (χ0v) is 15.0. The van der Waals surface area contributed by atoms with Crippen molar-refractivity contribution in [3.05, 3.63) is 60.4 Å². The second-order valence-corrected chi connectivity index (χ2v) is 6.83. The average Bonchev–Trinajstić information content (AvgIpc) is 2.99. The Morgan fingerprint density at radius 1 is 1.15 bits per heavy atom. The lowest BCUT2D eigenvalue weighted by molar-refractivity contribution is -0.132. The van der Waals surface area contributed by atoms with Crippen LogP contribution in [0.5, 0.6) is 5.88 Å². The van der Waals surface area contributed by atoms with Gasteiger partial charge in [0.2, 0.25) is 11.8 Å². The molecule has 1 aromatic carbocycles. The molecule has 26 heavy (non-hydrogen) atoms. The van der Waals surface area contributed by atoms with Gasteiger partial charge < -0.3 is 14.2 Å². The van der Waals surface area contributed by atoms with Crippen molar-refractivity contribution >= 4 is 16.8 Å². The molecule has 0 saturated carbocycles. The van der Waals surface area contributed by atoms with Crippen molar-refractivity contribution in [3.63, 3.8) is 0 Å². The molecule has 1 aliphatic heterocycles. The van der Waals surface area contributed by atoms with Crippen molar-refractivity contribution in [3.8, 4) is 5.88 Å². The van der Waals surface area contributed by atoms with Gasteiger partial charge in [-0.1, -0.05) is 24.3 Å². The van der Waals surface area contributed by atoms with Gasteiger partial charge in [0.05, 0.1) is 6.42 Å². The van der Waals surface area contributed by atoms with Crippen LogP contribution in [0.2, 0.25) is 0 Å². The van der Waals surface area contributed by atoms with E-state index in [0.29, 0.717) is 12.3 Å². The van der Waals surface area contributed by atoms with Crippen LogP contribution in [0.25, 0.3) is 10.9 Å². The molecule has 4 rings (SSSR count). The highest BCUT2D eigenvalue weighted by atomic mass is 16.5. The maximum Gasteiger partial charge on any atom is 0.227 e. The second kappa shape index (κ2) is 7.20. The lowest BCUT2D eigenvalue weighted by atomic mass is 10.1. The Hall–Kier alpha value is -2.82. The van der Waals surface area contributed by atoms with Crippen molar-refractivity contribution in [2.45, 2.75) is 25.4 Å². The Kier molecular flexibility index (Phi) is 4.61. The summed E-state index contributed by atoms with van der Waals surface area (Å²) in [5.41, 5.74) is 2.26. The molecular weight excluding hydrogens is 326 g/mol. The summed E-state index contributed by atoms with van der Waals surface area (Å²) in [6, 6.07) is 13.9. The van der Waals surface area contributed by atoms with E-state index in [-0.39, 0.29) is 12.0 Å². The Labute approximate surface area is 153 Å². The highest BCUT2D eigenvalue weighted by Crippen LogP contribution is 2.22. The van der Waals surface area contributed by atoms with Gasteiger partial charge >= 0.3 is 0 Å². The molecule has 3 aromatic rings. The quantitative estimate of drug-likeness (QED) is 0.727. The first-order valence-electron chi connectivity index (χ1n) is 9.09. The number of amides is 1. The van der Waals surface area contributed by atoms with Crippen LogP contribution in [-0.2, 0) is 18.3 Å². The first-order chi connectivity index (χ1) is 12.7. The van der Waals surface area contributed by atoms with E-state index < -0.39 is 0 Å². The zero-order valence-electron chi connectivity index (χ0n) is 15.0. The summed E-state index contributed by atoms with van der Waals surface area (Å²) in [6.45, 7) is 1.47. The molecule has 0 spiro atoms. The zero-order chi connectivity index (χ0) is 17.9. The number of benzene rings is 1. The number of aromatic nitrogens is 2. The highest BCUT2D eigenvalue weighted by molar-refractivity contribution is 5.89. The summed E-state index contributed by atoms with van der Waals surface area (Å²) in [5, 5.41) is 1.16. The third-order valence-electron chi connectivity index (χ3n) is 5.04. The standard InChI is InChI=1S/C21H23N3O2/c1-23-15-16(18-6-2-3-7-19(18)23)14-21(25)24-12-9-17(10-13-24)26-20-8-4-5-11-22-20/h2-8,11,15,17H,9-10,12-14H2,1H3. The summed E-state index contributed by atoms with van der Waals surface area (Å²) in [6.07, 6.45) is 6.08. The largest absolute Gasteiger partial charge is 0.474 e. The summed E-state index contributed by atoms with van der Waals surface area (Å²) < 4.78 is 8.00. The van der Waals surface area contributed by atoms with E-state index in [2.05, 4.69) is 27.9 Å². The molecule has 0 radical (unpaired) electrons. The fourth-order valence-corrected chi connectivity index (χ4v) is 3.65. The van der Waals surface area contributed by atoms with Crippen molar-refractivity contribution in [1.29, 1.82) is 0 Å². The number of fused-ring (bicyclic) bond motifs is 1. The fraction of sp³-hybridized carbons (Fsp3) is 0.333. The summed E-state index contributed by atoms with van der Waals surface area (Å²) in [5.74, 6) is 0.852. The molecule has 0 aliphatic carbocycles. The first-order valence-corrected chi connectivity index (χ1v) is 9.09. The van der Waals surface area contributed by atoms with E-state index in [0.717, 1.165) is 42.4 Å². The molecule has 0 atom stereocenters. The summed E-state index contributed by atoms with van der Waals surface area (Å²) in [7, 11) is 2.02. The number of piperidine rings is 1. The molecule has 3 heterocycles. The van der Waals surface area contributed by atoms with Crippen molar-refractivity contribution in [2.24, 2.45) is 7.05 Å². The third kappa shape index (κ3) is 3.43.